The molecule has 176 valence electrons. The maximum absolute atomic E-state index is 11.4. The average molecular weight is 452 g/mol. The first-order valence-electron chi connectivity index (χ1n) is 11.9. The molecule has 4 rings (SSSR count). The molecule has 0 aliphatic carbocycles. The Morgan fingerprint density at radius 1 is 1.12 bits per heavy atom. The van der Waals surface area contributed by atoms with Crippen molar-refractivity contribution in [2.45, 2.75) is 77.2 Å². The summed E-state index contributed by atoms with van der Waals surface area (Å²) in [6.07, 6.45) is 3.79. The molecule has 4 atom stereocenters. The number of rotatable bonds is 8. The monoisotopic (exact) mass is 451 g/mol. The molecule has 0 saturated carbocycles. The number of carbonyl (C=O) groups excluding carboxylic acids is 2. The molecule has 2 fully saturated rings. The largest absolute Gasteiger partial charge is 0.493 e. The highest BCUT2D eigenvalue weighted by Gasteiger charge is 2.31. The van der Waals surface area contributed by atoms with Crippen LogP contribution in [0.2, 0.25) is 0 Å². The van der Waals surface area contributed by atoms with Crippen molar-refractivity contribution < 1.29 is 23.8 Å². The fourth-order valence-corrected chi connectivity index (χ4v) is 4.53. The number of carbonyl (C=O) groups is 2. The minimum absolute atomic E-state index is 0.0289. The maximum Gasteiger partial charge on any atom is 0.302 e. The number of benzene rings is 2. The SMILES string of the molecule is CCCCOc1cc(-c2ccc([C@H]3C[C@@H](OC(C)=O)C[C@@H](C)O3)cc2)ccc1[C@@H]1CC(=O)N1. The second-order valence-electron chi connectivity index (χ2n) is 9.04. The Balaban J connectivity index is 1.51. The van der Waals surface area contributed by atoms with Crippen LogP contribution >= 0.6 is 0 Å². The van der Waals surface area contributed by atoms with Crippen LogP contribution in [0.4, 0.5) is 0 Å². The summed E-state index contributed by atoms with van der Waals surface area (Å²) in [7, 11) is 0. The second-order valence-corrected chi connectivity index (χ2v) is 9.04. The smallest absolute Gasteiger partial charge is 0.302 e. The van der Waals surface area contributed by atoms with E-state index in [1.165, 1.54) is 6.92 Å². The van der Waals surface area contributed by atoms with Crippen LogP contribution < -0.4 is 10.1 Å². The predicted octanol–water partition coefficient (Wildman–Crippen LogP) is 5.27. The molecule has 2 heterocycles. The van der Waals surface area contributed by atoms with Crippen molar-refractivity contribution in [3.63, 3.8) is 0 Å². The molecular weight excluding hydrogens is 418 g/mol. The van der Waals surface area contributed by atoms with Crippen LogP contribution in [0.25, 0.3) is 11.1 Å². The standard InChI is InChI=1S/C27H33NO5/c1-4-5-12-31-26-14-21(10-11-23(26)24-16-27(30)28-24)19-6-8-20(9-7-19)25-15-22(33-18(3)29)13-17(2)32-25/h6-11,14,17,22,24-25H,4-5,12-13,15-16H2,1-3H3,(H,28,30)/t17-,22+,24+,25-/m1/s1. The molecule has 0 spiro atoms. The van der Waals surface area contributed by atoms with Gasteiger partial charge in [-0.1, -0.05) is 49.7 Å². The summed E-state index contributed by atoms with van der Waals surface area (Å²) >= 11 is 0. The third-order valence-electron chi connectivity index (χ3n) is 6.29. The molecule has 6 nitrogen and oxygen atoms in total. The van der Waals surface area contributed by atoms with E-state index in [2.05, 4.69) is 54.7 Å². The summed E-state index contributed by atoms with van der Waals surface area (Å²) in [6, 6.07) is 14.6. The number of nitrogens with one attached hydrogen (secondary N) is 1. The summed E-state index contributed by atoms with van der Waals surface area (Å²) in [5.74, 6) is 0.670. The number of hydrogen-bond acceptors (Lipinski definition) is 5. The van der Waals surface area contributed by atoms with Gasteiger partial charge in [-0.15, -0.1) is 0 Å². The summed E-state index contributed by atoms with van der Waals surface area (Å²) in [5, 5.41) is 2.95. The van der Waals surface area contributed by atoms with Gasteiger partial charge in [0.05, 0.1) is 31.3 Å². The Bertz CT molecular complexity index is 979. The predicted molar refractivity (Wildman–Crippen MR) is 126 cm³/mol. The minimum atomic E-state index is -0.245. The highest BCUT2D eigenvalue weighted by atomic mass is 16.6. The Morgan fingerprint density at radius 3 is 2.52 bits per heavy atom. The highest BCUT2D eigenvalue weighted by Crippen LogP contribution is 2.37. The number of hydrogen-bond donors (Lipinski definition) is 1. The Morgan fingerprint density at radius 2 is 1.85 bits per heavy atom. The van der Waals surface area contributed by atoms with Crippen molar-refractivity contribution in [1.82, 2.24) is 5.32 Å². The van der Waals surface area contributed by atoms with Gasteiger partial charge in [-0.25, -0.2) is 0 Å². The molecule has 2 aliphatic heterocycles. The number of β-lactam (4-membered cyclic amide) rings is 1. The Kier molecular flexibility index (Phi) is 7.33. The van der Waals surface area contributed by atoms with Crippen LogP contribution in [0.3, 0.4) is 0 Å². The number of unbranched alkanes of at least 4 members (excludes halogenated alkanes) is 1. The minimum Gasteiger partial charge on any atom is -0.493 e. The van der Waals surface area contributed by atoms with Gasteiger partial charge < -0.3 is 19.5 Å². The van der Waals surface area contributed by atoms with E-state index in [-0.39, 0.29) is 36.2 Å². The lowest BCUT2D eigenvalue weighted by Gasteiger charge is -2.33. The molecule has 0 aromatic heterocycles. The summed E-state index contributed by atoms with van der Waals surface area (Å²) in [4.78, 5) is 22.8. The van der Waals surface area contributed by atoms with Crippen LogP contribution in [0, 0.1) is 0 Å². The normalized spacial score (nSPS) is 24.5. The van der Waals surface area contributed by atoms with Crippen molar-refractivity contribution in [3.05, 3.63) is 53.6 Å². The third kappa shape index (κ3) is 5.74. The topological polar surface area (TPSA) is 73.9 Å². The summed E-state index contributed by atoms with van der Waals surface area (Å²) in [5.41, 5.74) is 4.27. The number of esters is 1. The molecule has 6 heteroatoms. The second kappa shape index (κ2) is 10.4. The first-order chi connectivity index (χ1) is 15.9. The van der Waals surface area contributed by atoms with Gasteiger partial charge in [0.25, 0.3) is 0 Å². The van der Waals surface area contributed by atoms with Crippen LogP contribution in [0.5, 0.6) is 5.75 Å². The van der Waals surface area contributed by atoms with Gasteiger partial charge in [-0.3, -0.25) is 9.59 Å². The molecular formula is C27H33NO5. The molecule has 1 amide bonds. The summed E-state index contributed by atoms with van der Waals surface area (Å²) in [6.45, 7) is 6.27. The molecule has 2 aromatic carbocycles. The van der Waals surface area contributed by atoms with Crippen LogP contribution in [0.15, 0.2) is 42.5 Å². The van der Waals surface area contributed by atoms with Crippen molar-refractivity contribution >= 4 is 11.9 Å². The quantitative estimate of drug-likeness (QED) is 0.336. The lowest BCUT2D eigenvalue weighted by Crippen LogP contribution is -2.41. The molecule has 2 aromatic rings. The van der Waals surface area contributed by atoms with Gasteiger partial charge >= 0.3 is 5.97 Å². The van der Waals surface area contributed by atoms with E-state index in [4.69, 9.17) is 14.2 Å². The van der Waals surface area contributed by atoms with Crippen molar-refractivity contribution in [1.29, 1.82) is 0 Å². The van der Waals surface area contributed by atoms with Crippen LogP contribution in [-0.2, 0) is 19.1 Å². The summed E-state index contributed by atoms with van der Waals surface area (Å²) < 4.78 is 17.7. The number of ether oxygens (including phenoxy) is 3. The van der Waals surface area contributed by atoms with Crippen molar-refractivity contribution in [2.24, 2.45) is 0 Å². The van der Waals surface area contributed by atoms with E-state index in [9.17, 15) is 9.59 Å². The van der Waals surface area contributed by atoms with Gasteiger partial charge in [0.1, 0.15) is 11.9 Å². The fourth-order valence-electron chi connectivity index (χ4n) is 4.53. The van der Waals surface area contributed by atoms with Gasteiger partial charge in [-0.2, -0.15) is 0 Å². The van der Waals surface area contributed by atoms with E-state index in [0.717, 1.165) is 47.3 Å². The number of amides is 1. The molecule has 0 radical (unpaired) electrons. The van der Waals surface area contributed by atoms with Gasteiger partial charge in [0, 0.05) is 25.3 Å². The van der Waals surface area contributed by atoms with E-state index >= 15 is 0 Å². The third-order valence-corrected chi connectivity index (χ3v) is 6.29. The van der Waals surface area contributed by atoms with E-state index in [1.807, 2.05) is 6.92 Å². The van der Waals surface area contributed by atoms with Gasteiger partial charge in [0.2, 0.25) is 5.91 Å². The van der Waals surface area contributed by atoms with Gasteiger partial charge in [0.15, 0.2) is 0 Å². The molecule has 1 N–H and O–H groups in total. The van der Waals surface area contributed by atoms with E-state index in [0.29, 0.717) is 19.4 Å². The highest BCUT2D eigenvalue weighted by molar-refractivity contribution is 5.84. The zero-order valence-corrected chi connectivity index (χ0v) is 19.6. The van der Waals surface area contributed by atoms with E-state index < -0.39 is 0 Å². The average Bonchev–Trinajstić information content (AvgIpc) is 2.76. The molecule has 0 unspecified atom stereocenters. The molecule has 33 heavy (non-hydrogen) atoms. The Hall–Kier alpha value is -2.86. The van der Waals surface area contributed by atoms with Crippen molar-refractivity contribution in [3.8, 4) is 16.9 Å². The van der Waals surface area contributed by atoms with Gasteiger partial charge in [-0.05, 0) is 36.1 Å². The van der Waals surface area contributed by atoms with Crippen LogP contribution in [0.1, 0.15) is 76.1 Å². The molecule has 2 saturated heterocycles. The lowest BCUT2D eigenvalue weighted by molar-refractivity contribution is -0.158. The zero-order valence-electron chi connectivity index (χ0n) is 19.6. The maximum atomic E-state index is 11.4. The van der Waals surface area contributed by atoms with E-state index in [1.54, 1.807) is 0 Å². The molecule has 0 bridgehead atoms. The Labute approximate surface area is 195 Å². The molecule has 2 aliphatic rings. The fraction of sp³-hybridized carbons (Fsp3) is 0.481. The van der Waals surface area contributed by atoms with Crippen molar-refractivity contribution in [2.75, 3.05) is 6.61 Å². The first kappa shape index (κ1) is 23.3. The first-order valence-corrected chi connectivity index (χ1v) is 11.9. The zero-order chi connectivity index (χ0) is 23.4. The van der Waals surface area contributed by atoms with Crippen LogP contribution in [-0.4, -0.2) is 30.7 Å². The lowest BCUT2D eigenvalue weighted by atomic mass is 9.92.